The number of hydrogen-bond donors (Lipinski definition) is 1. The van der Waals surface area contributed by atoms with Gasteiger partial charge in [-0.1, -0.05) is 13.0 Å². The monoisotopic (exact) mass is 277 g/mol. The van der Waals surface area contributed by atoms with Crippen LogP contribution >= 0.6 is 0 Å². The van der Waals surface area contributed by atoms with Crippen LogP contribution in [0.2, 0.25) is 0 Å². The van der Waals surface area contributed by atoms with Crippen LogP contribution < -0.4 is 10.9 Å². The number of amides is 1. The predicted molar refractivity (Wildman–Crippen MR) is 78.5 cm³/mol. The number of carbonyl (C=O) groups excluding carboxylic acids is 1. The Kier molecular flexibility index (Phi) is 5.35. The average molecular weight is 277 g/mol. The first kappa shape index (κ1) is 14.8. The molecule has 1 amide bonds. The lowest BCUT2D eigenvalue weighted by Gasteiger charge is -2.30. The summed E-state index contributed by atoms with van der Waals surface area (Å²) in [4.78, 5) is 25.7. The van der Waals surface area contributed by atoms with E-state index >= 15 is 0 Å². The fourth-order valence-corrected chi connectivity index (χ4v) is 2.65. The Labute approximate surface area is 119 Å². The number of nitrogens with one attached hydrogen (secondary N) is 1. The van der Waals surface area contributed by atoms with Crippen LogP contribution in [0.3, 0.4) is 0 Å². The molecule has 110 valence electrons. The lowest BCUT2D eigenvalue weighted by atomic mass is 10.0. The van der Waals surface area contributed by atoms with Gasteiger partial charge in [0.2, 0.25) is 5.91 Å². The zero-order valence-electron chi connectivity index (χ0n) is 12.0. The minimum Gasteiger partial charge on any atom is -0.353 e. The quantitative estimate of drug-likeness (QED) is 0.862. The molecule has 0 spiro atoms. The Hall–Kier alpha value is -1.62. The summed E-state index contributed by atoms with van der Waals surface area (Å²) in [5.74, 6) is 0.644. The standard InChI is InChI=1S/C15H23N3O2/c1-13-5-4-8-17(11-13)10-7-16-14(19)12-18-9-3-2-6-15(18)20/h2-3,6,9,13H,4-5,7-8,10-12H2,1H3,(H,16,19). The molecule has 1 saturated heterocycles. The highest BCUT2D eigenvalue weighted by Crippen LogP contribution is 2.14. The van der Waals surface area contributed by atoms with Crippen LogP contribution in [-0.4, -0.2) is 41.6 Å². The van der Waals surface area contributed by atoms with Gasteiger partial charge in [-0.05, 0) is 31.4 Å². The minimum atomic E-state index is -0.146. The molecule has 1 aliphatic rings. The van der Waals surface area contributed by atoms with Gasteiger partial charge in [-0.3, -0.25) is 9.59 Å². The van der Waals surface area contributed by atoms with Crippen molar-refractivity contribution in [3.05, 3.63) is 34.7 Å². The van der Waals surface area contributed by atoms with Crippen molar-refractivity contribution in [3.8, 4) is 0 Å². The summed E-state index contributed by atoms with van der Waals surface area (Å²) in [7, 11) is 0. The van der Waals surface area contributed by atoms with Crippen molar-refractivity contribution in [2.24, 2.45) is 5.92 Å². The van der Waals surface area contributed by atoms with E-state index < -0.39 is 0 Å². The summed E-state index contributed by atoms with van der Waals surface area (Å²) >= 11 is 0. The van der Waals surface area contributed by atoms with Gasteiger partial charge in [-0.2, -0.15) is 0 Å². The Balaban J connectivity index is 1.70. The summed E-state index contributed by atoms with van der Waals surface area (Å²) in [6.07, 6.45) is 4.18. The van der Waals surface area contributed by atoms with Crippen LogP contribution in [0.25, 0.3) is 0 Å². The highest BCUT2D eigenvalue weighted by Gasteiger charge is 2.15. The SMILES string of the molecule is CC1CCCN(CCNC(=O)Cn2ccccc2=O)C1. The maximum Gasteiger partial charge on any atom is 0.250 e. The smallest absolute Gasteiger partial charge is 0.250 e. The van der Waals surface area contributed by atoms with Crippen molar-refractivity contribution in [1.82, 2.24) is 14.8 Å². The maximum atomic E-state index is 11.8. The van der Waals surface area contributed by atoms with E-state index in [2.05, 4.69) is 17.1 Å². The lowest BCUT2D eigenvalue weighted by molar-refractivity contribution is -0.121. The summed E-state index contributed by atoms with van der Waals surface area (Å²) in [6, 6.07) is 4.89. The number of aromatic nitrogens is 1. The molecule has 0 radical (unpaired) electrons. The van der Waals surface area contributed by atoms with Crippen LogP contribution in [0.4, 0.5) is 0 Å². The second kappa shape index (κ2) is 7.24. The van der Waals surface area contributed by atoms with Crippen molar-refractivity contribution >= 4 is 5.91 Å². The molecule has 0 bridgehead atoms. The molecule has 0 saturated carbocycles. The maximum absolute atomic E-state index is 11.8. The molecule has 1 aromatic rings. The molecule has 5 nitrogen and oxygen atoms in total. The molecule has 0 aromatic carbocycles. The molecule has 20 heavy (non-hydrogen) atoms. The van der Waals surface area contributed by atoms with Crippen molar-refractivity contribution in [2.75, 3.05) is 26.2 Å². The molecule has 1 fully saturated rings. The van der Waals surface area contributed by atoms with Crippen molar-refractivity contribution in [1.29, 1.82) is 0 Å². The van der Waals surface area contributed by atoms with Crippen LogP contribution in [0, 0.1) is 5.92 Å². The van der Waals surface area contributed by atoms with E-state index in [9.17, 15) is 9.59 Å². The van der Waals surface area contributed by atoms with Gasteiger partial charge in [-0.25, -0.2) is 0 Å². The van der Waals surface area contributed by atoms with Gasteiger partial charge in [0.15, 0.2) is 0 Å². The van der Waals surface area contributed by atoms with Crippen LogP contribution in [0.5, 0.6) is 0 Å². The molecule has 1 aromatic heterocycles. The molecule has 1 N–H and O–H groups in total. The van der Waals surface area contributed by atoms with Crippen molar-refractivity contribution in [2.45, 2.75) is 26.3 Å². The first-order chi connectivity index (χ1) is 9.65. The number of carbonyl (C=O) groups is 1. The van der Waals surface area contributed by atoms with Gasteiger partial charge in [0, 0.05) is 31.9 Å². The van der Waals surface area contributed by atoms with E-state index in [0.29, 0.717) is 6.54 Å². The van der Waals surface area contributed by atoms with Gasteiger partial charge in [0.25, 0.3) is 5.56 Å². The number of hydrogen-bond acceptors (Lipinski definition) is 3. The molecule has 1 atom stereocenters. The van der Waals surface area contributed by atoms with Gasteiger partial charge >= 0.3 is 0 Å². The number of pyridine rings is 1. The van der Waals surface area contributed by atoms with Gasteiger partial charge in [0.1, 0.15) is 6.54 Å². The fourth-order valence-electron chi connectivity index (χ4n) is 2.65. The summed E-state index contributed by atoms with van der Waals surface area (Å²) in [5.41, 5.74) is -0.146. The molecule has 2 heterocycles. The highest BCUT2D eigenvalue weighted by molar-refractivity contribution is 5.75. The zero-order chi connectivity index (χ0) is 14.4. The second-order valence-corrected chi connectivity index (χ2v) is 5.56. The van der Waals surface area contributed by atoms with Crippen molar-refractivity contribution < 1.29 is 4.79 Å². The Morgan fingerprint density at radius 3 is 3.05 bits per heavy atom. The zero-order valence-corrected chi connectivity index (χ0v) is 12.0. The largest absolute Gasteiger partial charge is 0.353 e. The number of piperidine rings is 1. The summed E-state index contributed by atoms with van der Waals surface area (Å²) < 4.78 is 1.41. The van der Waals surface area contributed by atoms with E-state index in [0.717, 1.165) is 25.6 Å². The first-order valence-corrected chi connectivity index (χ1v) is 7.29. The van der Waals surface area contributed by atoms with E-state index in [1.807, 2.05) is 0 Å². The van der Waals surface area contributed by atoms with Gasteiger partial charge in [-0.15, -0.1) is 0 Å². The number of likely N-dealkylation sites (tertiary alicyclic amines) is 1. The molecule has 0 aliphatic carbocycles. The van der Waals surface area contributed by atoms with Crippen LogP contribution in [0.15, 0.2) is 29.2 Å². The Morgan fingerprint density at radius 1 is 1.45 bits per heavy atom. The predicted octanol–water partition coefficient (Wildman–Crippen LogP) is 0.696. The van der Waals surface area contributed by atoms with Crippen LogP contribution in [0.1, 0.15) is 19.8 Å². The third kappa shape index (κ3) is 4.49. The molecule has 5 heteroatoms. The van der Waals surface area contributed by atoms with Crippen molar-refractivity contribution in [3.63, 3.8) is 0 Å². The van der Waals surface area contributed by atoms with E-state index in [1.54, 1.807) is 18.3 Å². The third-order valence-electron chi connectivity index (χ3n) is 3.70. The van der Waals surface area contributed by atoms with E-state index in [-0.39, 0.29) is 18.0 Å². The first-order valence-electron chi connectivity index (χ1n) is 7.29. The fraction of sp³-hybridized carbons (Fsp3) is 0.600. The van der Waals surface area contributed by atoms with Gasteiger partial charge < -0.3 is 14.8 Å². The normalized spacial score (nSPS) is 19.8. The molecule has 2 rings (SSSR count). The summed E-state index contributed by atoms with van der Waals surface area (Å²) in [6.45, 7) is 6.14. The van der Waals surface area contributed by atoms with Crippen LogP contribution in [-0.2, 0) is 11.3 Å². The lowest BCUT2D eigenvalue weighted by Crippen LogP contribution is -2.41. The Bertz CT molecular complexity index is 498. The molecule has 1 aliphatic heterocycles. The number of rotatable bonds is 5. The van der Waals surface area contributed by atoms with E-state index in [1.165, 1.54) is 23.5 Å². The average Bonchev–Trinajstić information content (AvgIpc) is 2.41. The molecular weight excluding hydrogens is 254 g/mol. The second-order valence-electron chi connectivity index (χ2n) is 5.56. The Morgan fingerprint density at radius 2 is 2.30 bits per heavy atom. The molecular formula is C15H23N3O2. The van der Waals surface area contributed by atoms with Gasteiger partial charge in [0.05, 0.1) is 0 Å². The van der Waals surface area contributed by atoms with E-state index in [4.69, 9.17) is 0 Å². The molecule has 1 unspecified atom stereocenters. The minimum absolute atomic E-state index is 0.0933. The highest BCUT2D eigenvalue weighted by atomic mass is 16.2. The third-order valence-corrected chi connectivity index (χ3v) is 3.70. The topological polar surface area (TPSA) is 54.3 Å². The number of nitrogens with zero attached hydrogens (tertiary/aromatic N) is 2. The summed E-state index contributed by atoms with van der Waals surface area (Å²) in [5, 5.41) is 2.88.